The van der Waals surface area contributed by atoms with Crippen molar-refractivity contribution in [2.75, 3.05) is 13.9 Å². The zero-order chi connectivity index (χ0) is 26.1. The fourth-order valence-electron chi connectivity index (χ4n) is 3.95. The van der Waals surface area contributed by atoms with E-state index in [1.807, 2.05) is 6.07 Å². The summed E-state index contributed by atoms with van der Waals surface area (Å²) in [4.78, 5) is 30.5. The van der Waals surface area contributed by atoms with Crippen LogP contribution in [0, 0.1) is 0 Å². The zero-order valence-electron chi connectivity index (χ0n) is 20.0. The topological polar surface area (TPSA) is 114 Å². The number of aromatic nitrogens is 2. The number of esters is 1. The summed E-state index contributed by atoms with van der Waals surface area (Å²) in [5.41, 5.74) is 1.08. The van der Waals surface area contributed by atoms with Gasteiger partial charge in [-0.2, -0.15) is 9.78 Å². The Kier molecular flexibility index (Phi) is 5.81. The van der Waals surface area contributed by atoms with Gasteiger partial charge in [0.15, 0.2) is 28.8 Å². The van der Waals surface area contributed by atoms with Crippen molar-refractivity contribution in [1.82, 2.24) is 9.66 Å². The van der Waals surface area contributed by atoms with Gasteiger partial charge in [-0.25, -0.2) is 9.78 Å². The van der Waals surface area contributed by atoms with Crippen molar-refractivity contribution in [3.05, 3.63) is 101 Å². The van der Waals surface area contributed by atoms with E-state index in [2.05, 4.69) is 10.1 Å². The summed E-state index contributed by atoms with van der Waals surface area (Å²) in [6.07, 6.45) is 2.98. The maximum absolute atomic E-state index is 13.2. The van der Waals surface area contributed by atoms with E-state index in [4.69, 9.17) is 23.4 Å². The van der Waals surface area contributed by atoms with Gasteiger partial charge in [-0.15, -0.1) is 0 Å². The Hall–Kier alpha value is -5.38. The normalized spacial score (nSPS) is 12.2. The van der Waals surface area contributed by atoms with Gasteiger partial charge in [-0.3, -0.25) is 4.79 Å². The molecule has 188 valence electrons. The SMILES string of the molecule is COc1cc(C=Nn2c(-c3ccco3)nc3ccccc3c2=O)ccc1OC(=O)c1ccc2c(c1)OCO2. The molecule has 0 spiro atoms. The summed E-state index contributed by atoms with van der Waals surface area (Å²) in [5.74, 6) is 1.64. The lowest BCUT2D eigenvalue weighted by atomic mass is 10.2. The van der Waals surface area contributed by atoms with E-state index in [0.29, 0.717) is 45.0 Å². The highest BCUT2D eigenvalue weighted by Crippen LogP contribution is 2.34. The molecule has 0 fully saturated rings. The van der Waals surface area contributed by atoms with Crippen molar-refractivity contribution >= 4 is 23.1 Å². The summed E-state index contributed by atoms with van der Waals surface area (Å²) >= 11 is 0. The van der Waals surface area contributed by atoms with Crippen LogP contribution in [0.1, 0.15) is 15.9 Å². The van der Waals surface area contributed by atoms with E-state index in [1.165, 1.54) is 24.3 Å². The molecule has 3 heterocycles. The fraction of sp³-hybridized carbons (Fsp3) is 0.0714. The molecule has 10 heteroatoms. The molecular formula is C28H19N3O7. The Morgan fingerprint density at radius 1 is 1.00 bits per heavy atom. The second-order valence-electron chi connectivity index (χ2n) is 8.16. The minimum atomic E-state index is -0.583. The van der Waals surface area contributed by atoms with Crippen molar-refractivity contribution in [2.24, 2.45) is 5.10 Å². The van der Waals surface area contributed by atoms with Gasteiger partial charge >= 0.3 is 5.97 Å². The largest absolute Gasteiger partial charge is 0.493 e. The van der Waals surface area contributed by atoms with Crippen molar-refractivity contribution < 1.29 is 28.2 Å². The molecule has 0 atom stereocenters. The molecule has 2 aromatic heterocycles. The minimum absolute atomic E-state index is 0.106. The van der Waals surface area contributed by atoms with Crippen LogP contribution in [0.15, 0.2) is 93.4 Å². The lowest BCUT2D eigenvalue weighted by molar-refractivity contribution is 0.0729. The molecule has 5 aromatic rings. The van der Waals surface area contributed by atoms with Gasteiger partial charge in [0.1, 0.15) is 0 Å². The summed E-state index contributed by atoms with van der Waals surface area (Å²) in [6.45, 7) is 0.106. The van der Waals surface area contributed by atoms with E-state index >= 15 is 0 Å². The van der Waals surface area contributed by atoms with E-state index < -0.39 is 5.97 Å². The van der Waals surface area contributed by atoms with Crippen molar-refractivity contribution in [3.63, 3.8) is 0 Å². The van der Waals surface area contributed by atoms with Gasteiger partial charge in [0, 0.05) is 0 Å². The smallest absolute Gasteiger partial charge is 0.343 e. The number of methoxy groups -OCH3 is 1. The second kappa shape index (κ2) is 9.58. The summed E-state index contributed by atoms with van der Waals surface area (Å²) in [6, 6.07) is 20.1. The monoisotopic (exact) mass is 509 g/mol. The predicted octanol–water partition coefficient (Wildman–Crippen LogP) is 4.50. The first-order valence-corrected chi connectivity index (χ1v) is 11.5. The van der Waals surface area contributed by atoms with E-state index in [-0.39, 0.29) is 23.9 Å². The van der Waals surface area contributed by atoms with Crippen molar-refractivity contribution in [1.29, 1.82) is 0 Å². The summed E-state index contributed by atoms with van der Waals surface area (Å²) in [7, 11) is 1.46. The third-order valence-electron chi connectivity index (χ3n) is 5.82. The lowest BCUT2D eigenvalue weighted by Gasteiger charge is -2.10. The highest BCUT2D eigenvalue weighted by atomic mass is 16.7. The van der Waals surface area contributed by atoms with Crippen molar-refractivity contribution in [3.8, 4) is 34.6 Å². The highest BCUT2D eigenvalue weighted by Gasteiger charge is 2.19. The van der Waals surface area contributed by atoms with Crippen LogP contribution in [0.25, 0.3) is 22.5 Å². The number of benzene rings is 3. The highest BCUT2D eigenvalue weighted by molar-refractivity contribution is 5.92. The number of fused-ring (bicyclic) bond motifs is 2. The van der Waals surface area contributed by atoms with E-state index in [1.54, 1.807) is 66.7 Å². The first kappa shape index (κ1) is 23.0. The van der Waals surface area contributed by atoms with Gasteiger partial charge in [0.25, 0.3) is 5.56 Å². The number of carbonyl (C=O) groups excluding carboxylic acids is 1. The van der Waals surface area contributed by atoms with Crippen LogP contribution in [0.5, 0.6) is 23.0 Å². The van der Waals surface area contributed by atoms with Crippen LogP contribution in [-0.4, -0.2) is 35.7 Å². The Morgan fingerprint density at radius 2 is 1.87 bits per heavy atom. The van der Waals surface area contributed by atoms with Crippen LogP contribution in [-0.2, 0) is 0 Å². The Morgan fingerprint density at radius 3 is 2.71 bits per heavy atom. The zero-order valence-corrected chi connectivity index (χ0v) is 20.0. The van der Waals surface area contributed by atoms with Crippen molar-refractivity contribution in [2.45, 2.75) is 0 Å². The molecule has 10 nitrogen and oxygen atoms in total. The van der Waals surface area contributed by atoms with Crippen LogP contribution in [0.2, 0.25) is 0 Å². The predicted molar refractivity (Wildman–Crippen MR) is 137 cm³/mol. The van der Waals surface area contributed by atoms with E-state index in [0.717, 1.165) is 0 Å². The third-order valence-corrected chi connectivity index (χ3v) is 5.82. The van der Waals surface area contributed by atoms with Gasteiger partial charge in [-0.05, 0) is 66.2 Å². The second-order valence-corrected chi connectivity index (χ2v) is 8.16. The first-order chi connectivity index (χ1) is 18.6. The molecule has 0 saturated heterocycles. The molecule has 0 radical (unpaired) electrons. The van der Waals surface area contributed by atoms with Gasteiger partial charge in [0.2, 0.25) is 12.6 Å². The maximum Gasteiger partial charge on any atom is 0.343 e. The molecule has 0 saturated carbocycles. The number of hydrogen-bond acceptors (Lipinski definition) is 9. The van der Waals surface area contributed by atoms with Gasteiger partial charge in [-0.1, -0.05) is 12.1 Å². The molecule has 1 aliphatic rings. The molecule has 0 unspecified atom stereocenters. The molecule has 0 amide bonds. The molecule has 6 rings (SSSR count). The number of hydrogen-bond donors (Lipinski definition) is 0. The minimum Gasteiger partial charge on any atom is -0.493 e. The average molecular weight is 509 g/mol. The molecule has 1 aliphatic heterocycles. The Balaban J connectivity index is 1.31. The van der Waals surface area contributed by atoms with Gasteiger partial charge < -0.3 is 23.4 Å². The molecule has 3 aromatic carbocycles. The van der Waals surface area contributed by atoms with Crippen LogP contribution in [0.3, 0.4) is 0 Å². The Labute approximate surface area is 215 Å². The molecule has 0 aliphatic carbocycles. The molecule has 0 bridgehead atoms. The number of nitrogens with zero attached hydrogens (tertiary/aromatic N) is 3. The van der Waals surface area contributed by atoms with Crippen LogP contribution >= 0.6 is 0 Å². The molecule has 38 heavy (non-hydrogen) atoms. The first-order valence-electron chi connectivity index (χ1n) is 11.5. The number of ether oxygens (including phenoxy) is 4. The maximum atomic E-state index is 13.2. The number of para-hydroxylation sites is 1. The fourth-order valence-corrected chi connectivity index (χ4v) is 3.95. The number of rotatable bonds is 6. The number of carbonyl (C=O) groups is 1. The van der Waals surface area contributed by atoms with Crippen LogP contribution < -0.4 is 24.5 Å². The molecular weight excluding hydrogens is 490 g/mol. The summed E-state index contributed by atoms with van der Waals surface area (Å²) in [5, 5.41) is 4.82. The van der Waals surface area contributed by atoms with Crippen LogP contribution in [0.4, 0.5) is 0 Å². The quantitative estimate of drug-likeness (QED) is 0.187. The lowest BCUT2D eigenvalue weighted by Crippen LogP contribution is -2.20. The number of furan rings is 1. The third kappa shape index (κ3) is 4.24. The van der Waals surface area contributed by atoms with Gasteiger partial charge in [0.05, 0.1) is 36.1 Å². The molecule has 0 N–H and O–H groups in total. The standard InChI is InChI=1S/C28H19N3O7/c1-34-24-13-17(8-10-22(24)38-28(33)18-9-11-21-25(14-18)37-16-36-21)15-29-31-26(23-7-4-12-35-23)30-20-6-3-2-5-19(20)27(31)32/h2-15H,16H2,1H3. The van der Waals surface area contributed by atoms with E-state index in [9.17, 15) is 9.59 Å². The summed E-state index contributed by atoms with van der Waals surface area (Å²) < 4.78 is 28.3. The Bertz CT molecular complexity index is 1760. The average Bonchev–Trinajstić information content (AvgIpc) is 3.65.